The minimum absolute atomic E-state index is 0.236. The molecule has 0 bridgehead atoms. The van der Waals surface area contributed by atoms with E-state index in [-0.39, 0.29) is 6.10 Å². The van der Waals surface area contributed by atoms with Crippen molar-refractivity contribution in [2.45, 2.75) is 51.7 Å². The fourth-order valence-electron chi connectivity index (χ4n) is 2.56. The first-order chi connectivity index (χ1) is 8.69. The van der Waals surface area contributed by atoms with Crippen LogP contribution in [-0.4, -0.2) is 13.2 Å². The topological polar surface area (TPSA) is 21.3 Å². The summed E-state index contributed by atoms with van der Waals surface area (Å²) < 4.78 is 5.77. The van der Waals surface area contributed by atoms with Gasteiger partial charge in [0.05, 0.1) is 6.10 Å². The molecule has 100 valence electrons. The highest BCUT2D eigenvalue weighted by Crippen LogP contribution is 2.35. The highest BCUT2D eigenvalue weighted by Gasteiger charge is 2.22. The van der Waals surface area contributed by atoms with E-state index in [9.17, 15) is 0 Å². The van der Waals surface area contributed by atoms with E-state index < -0.39 is 0 Å². The molecule has 18 heavy (non-hydrogen) atoms. The van der Waals surface area contributed by atoms with Gasteiger partial charge < -0.3 is 10.1 Å². The molecule has 0 saturated heterocycles. The van der Waals surface area contributed by atoms with Crippen LogP contribution in [0.3, 0.4) is 0 Å². The third-order valence-corrected chi connectivity index (χ3v) is 3.77. The van der Waals surface area contributed by atoms with Crippen molar-refractivity contribution in [2.24, 2.45) is 5.92 Å². The number of hydrogen-bond acceptors (Lipinski definition) is 2. The van der Waals surface area contributed by atoms with E-state index in [0.717, 1.165) is 11.7 Å². The lowest BCUT2D eigenvalue weighted by Gasteiger charge is -2.30. The van der Waals surface area contributed by atoms with Crippen LogP contribution >= 0.6 is 0 Å². The first-order valence-electron chi connectivity index (χ1n) is 7.13. The molecule has 2 rings (SSSR count). The van der Waals surface area contributed by atoms with Crippen molar-refractivity contribution in [2.75, 3.05) is 7.05 Å². The number of ether oxygens (including phenoxy) is 1. The maximum Gasteiger partial charge on any atom is 0.120 e. The lowest BCUT2D eigenvalue weighted by atomic mass is 9.79. The van der Waals surface area contributed by atoms with Crippen LogP contribution in [-0.2, 0) is 0 Å². The monoisotopic (exact) mass is 247 g/mol. The molecule has 1 saturated carbocycles. The van der Waals surface area contributed by atoms with E-state index in [1.807, 2.05) is 6.07 Å². The summed E-state index contributed by atoms with van der Waals surface area (Å²) >= 11 is 0. The average molecular weight is 247 g/mol. The normalized spacial score (nSPS) is 17.6. The lowest BCUT2D eigenvalue weighted by Crippen LogP contribution is -2.23. The predicted octanol–water partition coefficient (Wildman–Crippen LogP) is 3.92. The maximum atomic E-state index is 5.77. The Morgan fingerprint density at radius 2 is 2.11 bits per heavy atom. The van der Waals surface area contributed by atoms with Gasteiger partial charge in [-0.15, -0.1) is 0 Å². The Morgan fingerprint density at radius 1 is 1.33 bits per heavy atom. The summed E-state index contributed by atoms with van der Waals surface area (Å²) in [6.45, 7) is 4.13. The van der Waals surface area contributed by atoms with Gasteiger partial charge in [-0.2, -0.15) is 0 Å². The molecule has 1 aromatic rings. The van der Waals surface area contributed by atoms with Crippen LogP contribution in [0.5, 0.6) is 5.75 Å². The second-order valence-corrected chi connectivity index (χ2v) is 5.61. The molecule has 0 radical (unpaired) electrons. The average Bonchev–Trinajstić information content (AvgIpc) is 2.27. The number of hydrogen-bond donors (Lipinski definition) is 1. The van der Waals surface area contributed by atoms with Gasteiger partial charge in [0, 0.05) is 6.04 Å². The van der Waals surface area contributed by atoms with Crippen LogP contribution < -0.4 is 10.1 Å². The molecule has 0 spiro atoms. The van der Waals surface area contributed by atoms with Crippen LogP contribution in [0, 0.1) is 5.92 Å². The predicted molar refractivity (Wildman–Crippen MR) is 76.0 cm³/mol. The van der Waals surface area contributed by atoms with Gasteiger partial charge in [0.1, 0.15) is 5.75 Å². The van der Waals surface area contributed by atoms with Crippen LogP contribution in [0.4, 0.5) is 0 Å². The second kappa shape index (κ2) is 6.24. The zero-order chi connectivity index (χ0) is 13.0. The Balaban J connectivity index is 2.04. The molecule has 1 aliphatic carbocycles. The molecule has 1 aliphatic rings. The van der Waals surface area contributed by atoms with Gasteiger partial charge in [0.2, 0.25) is 0 Å². The summed E-state index contributed by atoms with van der Waals surface area (Å²) in [5, 5.41) is 3.44. The Kier molecular flexibility index (Phi) is 4.65. The molecule has 0 amide bonds. The zero-order valence-electron chi connectivity index (χ0n) is 11.8. The molecule has 1 fully saturated rings. The summed E-state index contributed by atoms with van der Waals surface area (Å²) in [6.07, 6.45) is 5.71. The van der Waals surface area contributed by atoms with E-state index >= 15 is 0 Å². The van der Waals surface area contributed by atoms with E-state index in [1.165, 1.54) is 31.2 Å². The largest absolute Gasteiger partial charge is 0.491 e. The van der Waals surface area contributed by atoms with Gasteiger partial charge in [0.15, 0.2) is 0 Å². The van der Waals surface area contributed by atoms with Gasteiger partial charge in [0.25, 0.3) is 0 Å². The fourth-order valence-corrected chi connectivity index (χ4v) is 2.56. The van der Waals surface area contributed by atoms with Gasteiger partial charge >= 0.3 is 0 Å². The van der Waals surface area contributed by atoms with E-state index in [0.29, 0.717) is 6.04 Å². The Morgan fingerprint density at radius 3 is 2.67 bits per heavy atom. The molecule has 0 heterocycles. The molecule has 1 aromatic carbocycles. The fraction of sp³-hybridized carbons (Fsp3) is 0.625. The molecule has 2 heteroatoms. The van der Waals surface area contributed by atoms with Crippen molar-refractivity contribution in [3.8, 4) is 5.75 Å². The van der Waals surface area contributed by atoms with Gasteiger partial charge in [-0.05, 0) is 50.9 Å². The molecule has 1 N–H and O–H groups in total. The summed E-state index contributed by atoms with van der Waals surface area (Å²) in [5.41, 5.74) is 1.35. The van der Waals surface area contributed by atoms with E-state index in [1.54, 1.807) is 0 Å². The Labute approximate surface area is 111 Å². The van der Waals surface area contributed by atoms with Crippen molar-refractivity contribution < 1.29 is 4.74 Å². The summed E-state index contributed by atoms with van der Waals surface area (Å²) in [6, 6.07) is 8.98. The molecule has 2 nitrogen and oxygen atoms in total. The first-order valence-corrected chi connectivity index (χ1v) is 7.13. The molecular weight excluding hydrogens is 222 g/mol. The number of benzene rings is 1. The van der Waals surface area contributed by atoms with E-state index in [4.69, 9.17) is 4.74 Å². The van der Waals surface area contributed by atoms with Crippen molar-refractivity contribution >= 4 is 0 Å². The minimum Gasteiger partial charge on any atom is -0.491 e. The van der Waals surface area contributed by atoms with Crippen LogP contribution in [0.15, 0.2) is 24.3 Å². The Bertz CT molecular complexity index is 371. The lowest BCUT2D eigenvalue weighted by molar-refractivity contribution is 0.241. The van der Waals surface area contributed by atoms with Crippen molar-refractivity contribution in [3.05, 3.63) is 29.8 Å². The molecule has 0 aliphatic heterocycles. The summed E-state index contributed by atoms with van der Waals surface area (Å²) in [4.78, 5) is 0. The van der Waals surface area contributed by atoms with Crippen molar-refractivity contribution in [1.82, 2.24) is 5.32 Å². The van der Waals surface area contributed by atoms with Gasteiger partial charge in [-0.25, -0.2) is 0 Å². The Hall–Kier alpha value is -1.02. The minimum atomic E-state index is 0.236. The molecule has 1 unspecified atom stereocenters. The highest BCUT2D eigenvalue weighted by molar-refractivity contribution is 5.30. The standard InChI is InChI=1S/C16H25NO/c1-12(2)18-15-9-5-8-14(11-15)16(17-3)10-13-6-4-7-13/h5,8-9,11-13,16-17H,4,6-7,10H2,1-3H3. The number of nitrogens with one attached hydrogen (secondary N) is 1. The summed E-state index contributed by atoms with van der Waals surface area (Å²) in [5.74, 6) is 1.90. The zero-order valence-corrected chi connectivity index (χ0v) is 11.8. The van der Waals surface area contributed by atoms with Crippen molar-refractivity contribution in [1.29, 1.82) is 0 Å². The first kappa shape index (κ1) is 13.4. The van der Waals surface area contributed by atoms with Crippen LogP contribution in [0.1, 0.15) is 51.1 Å². The quantitative estimate of drug-likeness (QED) is 0.822. The van der Waals surface area contributed by atoms with E-state index in [2.05, 4.69) is 44.4 Å². The van der Waals surface area contributed by atoms with Crippen molar-refractivity contribution in [3.63, 3.8) is 0 Å². The van der Waals surface area contributed by atoms with Crippen LogP contribution in [0.25, 0.3) is 0 Å². The SMILES string of the molecule is CNC(CC1CCC1)c1cccc(OC(C)C)c1. The second-order valence-electron chi connectivity index (χ2n) is 5.61. The highest BCUT2D eigenvalue weighted by atomic mass is 16.5. The van der Waals surface area contributed by atoms with Crippen LogP contribution in [0.2, 0.25) is 0 Å². The number of rotatable bonds is 6. The van der Waals surface area contributed by atoms with Gasteiger partial charge in [-0.3, -0.25) is 0 Å². The third kappa shape index (κ3) is 3.49. The third-order valence-electron chi connectivity index (χ3n) is 3.77. The summed E-state index contributed by atoms with van der Waals surface area (Å²) in [7, 11) is 2.05. The molecule has 1 atom stereocenters. The molecule has 0 aromatic heterocycles. The smallest absolute Gasteiger partial charge is 0.120 e. The molecular formula is C16H25NO. The van der Waals surface area contributed by atoms with Gasteiger partial charge in [-0.1, -0.05) is 31.4 Å². The maximum absolute atomic E-state index is 5.77.